The third-order valence-electron chi connectivity index (χ3n) is 4.86. The maximum Gasteiger partial charge on any atom is 0.278 e. The summed E-state index contributed by atoms with van der Waals surface area (Å²) in [4.78, 5) is 48.8. The highest BCUT2D eigenvalue weighted by molar-refractivity contribution is 5.70. The summed E-state index contributed by atoms with van der Waals surface area (Å²) in [6, 6.07) is 0. The molecule has 0 amide bonds. The molecule has 0 saturated heterocycles. The van der Waals surface area contributed by atoms with Gasteiger partial charge in [0.15, 0.2) is 34.8 Å². The third kappa shape index (κ3) is 4.44. The third-order valence-corrected chi connectivity index (χ3v) is 4.86. The van der Waals surface area contributed by atoms with Crippen LogP contribution in [-0.4, -0.2) is 107 Å². The predicted octanol–water partition coefficient (Wildman–Crippen LogP) is -4.79. The van der Waals surface area contributed by atoms with Crippen LogP contribution in [0.1, 0.15) is 0 Å². The highest BCUT2D eigenvalue weighted by Gasteiger charge is 2.37. The average Bonchev–Trinajstić information content (AvgIpc) is 3.47. The zero-order chi connectivity index (χ0) is 24.6. The number of rotatable bonds is 9. The van der Waals surface area contributed by atoms with Crippen molar-refractivity contribution in [3.05, 3.63) is 33.4 Å². The van der Waals surface area contributed by atoms with E-state index in [4.69, 9.17) is 0 Å². The first kappa shape index (κ1) is 23.2. The van der Waals surface area contributed by atoms with E-state index in [1.165, 1.54) is 12.7 Å². The van der Waals surface area contributed by atoms with Gasteiger partial charge in [-0.25, -0.2) is 9.97 Å². The number of hydrogen-bond acceptors (Lipinski definition) is 14. The molecule has 2 unspecified atom stereocenters. The van der Waals surface area contributed by atoms with Gasteiger partial charge in [0.25, 0.3) is 11.1 Å². The quantitative estimate of drug-likeness (QED) is 0.100. The van der Waals surface area contributed by atoms with Crippen molar-refractivity contribution in [1.29, 1.82) is 0 Å². The molecule has 0 aromatic carbocycles. The molecule has 4 heterocycles. The molecule has 0 saturated carbocycles. The van der Waals surface area contributed by atoms with E-state index in [1.54, 1.807) is 0 Å². The molecule has 18 nitrogen and oxygen atoms in total. The Morgan fingerprint density at radius 1 is 0.647 bits per heavy atom. The van der Waals surface area contributed by atoms with Gasteiger partial charge >= 0.3 is 0 Å². The van der Waals surface area contributed by atoms with Gasteiger partial charge in [-0.2, -0.15) is 9.97 Å². The molecule has 0 radical (unpaired) electrons. The number of aromatic nitrogens is 8. The number of imidazole rings is 2. The molecule has 0 spiro atoms. The van der Waals surface area contributed by atoms with Crippen LogP contribution in [0.2, 0.25) is 0 Å². The van der Waals surface area contributed by atoms with E-state index < -0.39 is 48.0 Å². The zero-order valence-electron chi connectivity index (χ0n) is 16.9. The van der Waals surface area contributed by atoms with Crippen molar-refractivity contribution < 1.29 is 30.6 Å². The second kappa shape index (κ2) is 9.13. The topological polar surface area (TPSA) is 294 Å². The highest BCUT2D eigenvalue weighted by Crippen LogP contribution is 2.14. The second-order valence-corrected chi connectivity index (χ2v) is 7.17. The van der Waals surface area contributed by atoms with Gasteiger partial charge in [-0.15, -0.1) is 0 Å². The van der Waals surface area contributed by atoms with Crippen LogP contribution in [0.4, 0.5) is 11.9 Å². The van der Waals surface area contributed by atoms with Gasteiger partial charge in [-0.05, 0) is 0 Å². The van der Waals surface area contributed by atoms with Crippen LogP contribution >= 0.6 is 0 Å². The fourth-order valence-corrected chi connectivity index (χ4v) is 3.05. The van der Waals surface area contributed by atoms with E-state index in [0.717, 1.165) is 0 Å². The fraction of sp³-hybridized carbons (Fsp3) is 0.375. The standard InChI is InChI=1S/C16H20N10O8/c27-5(7(29)13(33)25-15-21-9-3(11(31)23-15)17-1-19-9)6(28)8(30)14(34)26-16-22-10-4(12(32)24-16)18-2-20-10/h1-2,5-8,13-14,27-30,33-34H,(H3,17,19,21,23,25,31)(H3,18,20,22,24,26,32)/t5-,6+,7+,8-,13?,14?. The number of hydrogen-bond donors (Lipinski definition) is 12. The normalized spacial score (nSPS) is 17.2. The molecule has 0 bridgehead atoms. The predicted molar refractivity (Wildman–Crippen MR) is 112 cm³/mol. The van der Waals surface area contributed by atoms with Crippen LogP contribution in [-0.2, 0) is 0 Å². The van der Waals surface area contributed by atoms with Crippen molar-refractivity contribution in [3.63, 3.8) is 0 Å². The number of fused-ring (bicyclic) bond motifs is 2. The lowest BCUT2D eigenvalue weighted by atomic mass is 10.0. The Labute approximate surface area is 186 Å². The molecule has 6 atom stereocenters. The summed E-state index contributed by atoms with van der Waals surface area (Å²) in [7, 11) is 0. The maximum atomic E-state index is 11.9. The van der Waals surface area contributed by atoms with E-state index in [0.29, 0.717) is 0 Å². The van der Waals surface area contributed by atoms with E-state index >= 15 is 0 Å². The van der Waals surface area contributed by atoms with Crippen LogP contribution in [0.3, 0.4) is 0 Å². The van der Waals surface area contributed by atoms with Crippen molar-refractivity contribution in [3.8, 4) is 0 Å². The van der Waals surface area contributed by atoms with Crippen molar-refractivity contribution in [2.45, 2.75) is 36.9 Å². The Morgan fingerprint density at radius 3 is 1.41 bits per heavy atom. The zero-order valence-corrected chi connectivity index (χ0v) is 16.9. The van der Waals surface area contributed by atoms with Crippen LogP contribution in [0, 0.1) is 0 Å². The number of nitrogens with one attached hydrogen (secondary N) is 6. The maximum absolute atomic E-state index is 11.9. The summed E-state index contributed by atoms with van der Waals surface area (Å²) in [5.41, 5.74) is -1.09. The summed E-state index contributed by atoms with van der Waals surface area (Å²) < 4.78 is 0. The molecule has 0 aliphatic heterocycles. The smallest absolute Gasteiger partial charge is 0.278 e. The van der Waals surface area contributed by atoms with E-state index in [2.05, 4.69) is 50.5 Å². The van der Waals surface area contributed by atoms with Gasteiger partial charge in [0.05, 0.1) is 12.7 Å². The number of aliphatic hydroxyl groups excluding tert-OH is 6. The minimum absolute atomic E-state index is 0.0119. The molecule has 4 rings (SSSR count). The number of aliphatic hydroxyl groups is 6. The number of aromatic amines is 4. The van der Waals surface area contributed by atoms with Crippen LogP contribution in [0.15, 0.2) is 22.2 Å². The molecule has 182 valence electrons. The Morgan fingerprint density at radius 2 is 1.03 bits per heavy atom. The highest BCUT2D eigenvalue weighted by atomic mass is 16.4. The minimum atomic E-state index is -2.20. The van der Waals surface area contributed by atoms with E-state index in [-0.39, 0.29) is 34.2 Å². The number of nitrogens with zero attached hydrogens (tertiary/aromatic N) is 4. The van der Waals surface area contributed by atoms with E-state index in [9.17, 15) is 40.2 Å². The van der Waals surface area contributed by atoms with Crippen molar-refractivity contribution in [2.24, 2.45) is 0 Å². The molecule has 4 aromatic rings. The minimum Gasteiger partial charge on any atom is -0.387 e. The number of anilines is 2. The Kier molecular flexibility index (Phi) is 6.24. The number of H-pyrrole nitrogens is 4. The molecule has 0 aliphatic rings. The molecule has 18 heteroatoms. The van der Waals surface area contributed by atoms with E-state index in [1.807, 2.05) is 0 Å². The Hall–Kier alpha value is -3.94. The monoisotopic (exact) mass is 480 g/mol. The lowest BCUT2D eigenvalue weighted by molar-refractivity contribution is -0.146. The van der Waals surface area contributed by atoms with Gasteiger partial charge in [0, 0.05) is 0 Å². The van der Waals surface area contributed by atoms with Gasteiger partial charge in [0.2, 0.25) is 11.9 Å². The molecular weight excluding hydrogens is 460 g/mol. The first-order valence-corrected chi connectivity index (χ1v) is 9.64. The lowest BCUT2D eigenvalue weighted by Gasteiger charge is -2.31. The molecule has 4 aromatic heterocycles. The SMILES string of the molecule is O=c1[nH]c(NC(O)[C@@H](O)[C@H](O)[C@H](O)[C@@H](O)C(O)Nc2nc3nc[nH]c3c(=O)[nH]2)nc2nc[nH]c12. The molecule has 0 aliphatic carbocycles. The molecule has 0 fully saturated rings. The Bertz CT molecular complexity index is 1290. The lowest BCUT2D eigenvalue weighted by Crippen LogP contribution is -2.55. The summed E-state index contributed by atoms with van der Waals surface area (Å²) in [5, 5.41) is 65.4. The summed E-state index contributed by atoms with van der Waals surface area (Å²) in [5.74, 6) is -0.604. The van der Waals surface area contributed by atoms with Crippen LogP contribution in [0.5, 0.6) is 0 Å². The van der Waals surface area contributed by atoms with Crippen molar-refractivity contribution in [2.75, 3.05) is 10.6 Å². The average molecular weight is 480 g/mol. The fourth-order valence-electron chi connectivity index (χ4n) is 3.05. The summed E-state index contributed by atoms with van der Waals surface area (Å²) in [6.45, 7) is 0. The van der Waals surface area contributed by atoms with Crippen molar-refractivity contribution >= 4 is 34.2 Å². The van der Waals surface area contributed by atoms with Gasteiger partial charge < -0.3 is 51.2 Å². The first-order chi connectivity index (χ1) is 16.2. The van der Waals surface area contributed by atoms with Crippen LogP contribution in [0.25, 0.3) is 22.3 Å². The molecular formula is C16H20N10O8. The van der Waals surface area contributed by atoms with Gasteiger partial charge in [-0.3, -0.25) is 19.6 Å². The second-order valence-electron chi connectivity index (χ2n) is 7.17. The summed E-state index contributed by atoms with van der Waals surface area (Å²) in [6.07, 6.45) is -10.2. The Balaban J connectivity index is 1.40. The largest absolute Gasteiger partial charge is 0.387 e. The van der Waals surface area contributed by atoms with Gasteiger partial charge in [0.1, 0.15) is 24.4 Å². The van der Waals surface area contributed by atoms with Crippen molar-refractivity contribution in [1.82, 2.24) is 39.9 Å². The summed E-state index contributed by atoms with van der Waals surface area (Å²) >= 11 is 0. The van der Waals surface area contributed by atoms with Crippen LogP contribution < -0.4 is 21.8 Å². The molecule has 12 N–H and O–H groups in total. The van der Waals surface area contributed by atoms with Gasteiger partial charge in [-0.1, -0.05) is 0 Å². The first-order valence-electron chi connectivity index (χ1n) is 9.64. The molecule has 34 heavy (non-hydrogen) atoms.